The van der Waals surface area contributed by atoms with Crippen molar-refractivity contribution in [1.82, 2.24) is 10.3 Å². The number of hydrogen-bond acceptors (Lipinski definition) is 6. The van der Waals surface area contributed by atoms with Gasteiger partial charge in [-0.3, -0.25) is 10.7 Å². The Morgan fingerprint density at radius 2 is 2.24 bits per heavy atom. The van der Waals surface area contributed by atoms with Crippen LogP contribution >= 0.6 is 0 Å². The molecule has 1 rings (SSSR count). The van der Waals surface area contributed by atoms with E-state index in [9.17, 15) is 9.90 Å². The summed E-state index contributed by atoms with van der Waals surface area (Å²) < 4.78 is 5.11. The molecule has 0 aliphatic heterocycles. The molecule has 0 fully saturated rings. The summed E-state index contributed by atoms with van der Waals surface area (Å²) in [5.41, 5.74) is 6.51. The number of nitrogens with two attached hydrogens (primary N) is 1. The van der Waals surface area contributed by atoms with Crippen LogP contribution in [-0.2, 0) is 4.74 Å². The molecule has 8 nitrogen and oxygen atoms in total. The lowest BCUT2D eigenvalue weighted by Crippen LogP contribution is -2.29. The number of carbonyl (C=O) groups excluding carboxylic acids is 1. The van der Waals surface area contributed by atoms with E-state index in [-0.39, 0.29) is 28.7 Å². The zero-order valence-electron chi connectivity index (χ0n) is 12.4. The molecule has 116 valence electrons. The zero-order chi connectivity index (χ0) is 16.0. The quantitative estimate of drug-likeness (QED) is 0.411. The molecular formula is C13H21N5O3. The summed E-state index contributed by atoms with van der Waals surface area (Å²) in [4.78, 5) is 15.6. The Bertz CT molecular complexity index is 531. The number of aromatic nitrogens is 1. The Hall–Kier alpha value is -2.35. The number of ether oxygens (including phenoxy) is 1. The lowest BCUT2D eigenvalue weighted by Gasteiger charge is -2.16. The van der Waals surface area contributed by atoms with E-state index in [1.807, 2.05) is 0 Å². The normalized spacial score (nSPS) is 11.6. The van der Waals surface area contributed by atoms with Gasteiger partial charge in [0.05, 0.1) is 24.0 Å². The number of hydrogen-bond donors (Lipinski definition) is 5. The van der Waals surface area contributed by atoms with Gasteiger partial charge in [-0.05, 0) is 20.8 Å². The lowest BCUT2D eigenvalue weighted by atomic mass is 10.1. The van der Waals surface area contributed by atoms with E-state index in [0.717, 1.165) is 0 Å². The maximum Gasteiger partial charge on any atom is 0.320 e. The maximum atomic E-state index is 11.5. The van der Waals surface area contributed by atoms with Gasteiger partial charge in [0, 0.05) is 18.3 Å². The molecule has 0 aliphatic carbocycles. The van der Waals surface area contributed by atoms with Gasteiger partial charge in [0.2, 0.25) is 5.90 Å². The number of nitrogen functional groups attached to an aromatic ring is 1. The number of pyridine rings is 1. The number of urea groups is 1. The van der Waals surface area contributed by atoms with Crippen LogP contribution in [0.1, 0.15) is 38.1 Å². The molecule has 2 amide bonds. The zero-order valence-corrected chi connectivity index (χ0v) is 12.4. The van der Waals surface area contributed by atoms with Gasteiger partial charge in [-0.1, -0.05) is 0 Å². The highest BCUT2D eigenvalue weighted by Gasteiger charge is 2.20. The van der Waals surface area contributed by atoms with Gasteiger partial charge in [-0.25, -0.2) is 9.78 Å². The molecule has 0 saturated carbocycles. The predicted octanol–water partition coefficient (Wildman–Crippen LogP) is 1.22. The fraction of sp³-hybridized carbons (Fsp3) is 0.462. The van der Waals surface area contributed by atoms with Crippen LogP contribution in [0.2, 0.25) is 0 Å². The van der Waals surface area contributed by atoms with Crippen LogP contribution in [0.15, 0.2) is 6.07 Å². The van der Waals surface area contributed by atoms with Crippen molar-refractivity contribution < 1.29 is 14.6 Å². The van der Waals surface area contributed by atoms with E-state index < -0.39 is 12.1 Å². The van der Waals surface area contributed by atoms with Gasteiger partial charge in [-0.2, -0.15) is 0 Å². The van der Waals surface area contributed by atoms with Crippen molar-refractivity contribution >= 4 is 23.4 Å². The van der Waals surface area contributed by atoms with Crippen LogP contribution in [0.5, 0.6) is 0 Å². The number of aliphatic hydroxyl groups is 1. The fourth-order valence-electron chi connectivity index (χ4n) is 1.74. The fourth-order valence-corrected chi connectivity index (χ4v) is 1.74. The van der Waals surface area contributed by atoms with Gasteiger partial charge >= 0.3 is 6.03 Å². The second-order valence-corrected chi connectivity index (χ2v) is 4.28. The molecule has 21 heavy (non-hydrogen) atoms. The van der Waals surface area contributed by atoms with Gasteiger partial charge in [0.25, 0.3) is 0 Å². The van der Waals surface area contributed by atoms with Crippen molar-refractivity contribution in [3.63, 3.8) is 0 Å². The third-order valence-electron chi connectivity index (χ3n) is 2.57. The second-order valence-electron chi connectivity index (χ2n) is 4.28. The summed E-state index contributed by atoms with van der Waals surface area (Å²) >= 11 is 0. The average molecular weight is 295 g/mol. The van der Waals surface area contributed by atoms with E-state index in [2.05, 4.69) is 15.6 Å². The van der Waals surface area contributed by atoms with Gasteiger partial charge in [0.1, 0.15) is 5.82 Å². The second kappa shape index (κ2) is 7.44. The van der Waals surface area contributed by atoms with Crippen LogP contribution in [0.3, 0.4) is 0 Å². The Kier molecular flexibility index (Phi) is 5.92. The summed E-state index contributed by atoms with van der Waals surface area (Å²) in [5, 5.41) is 22.7. The Morgan fingerprint density at radius 3 is 2.76 bits per heavy atom. The Balaban J connectivity index is 3.18. The molecule has 0 saturated heterocycles. The molecule has 1 atom stereocenters. The van der Waals surface area contributed by atoms with Crippen molar-refractivity contribution in [3.8, 4) is 0 Å². The monoisotopic (exact) mass is 295 g/mol. The molecule has 0 unspecified atom stereocenters. The summed E-state index contributed by atoms with van der Waals surface area (Å²) in [6, 6.07) is 0.998. The van der Waals surface area contributed by atoms with Crippen molar-refractivity contribution in [2.24, 2.45) is 0 Å². The van der Waals surface area contributed by atoms with Gasteiger partial charge in [0.15, 0.2) is 0 Å². The molecule has 0 bridgehead atoms. The number of aliphatic hydroxyl groups excluding tert-OH is 1. The lowest BCUT2D eigenvalue weighted by molar-refractivity contribution is 0.193. The summed E-state index contributed by atoms with van der Waals surface area (Å²) in [6.07, 6.45) is -0.959. The van der Waals surface area contributed by atoms with Crippen molar-refractivity contribution in [2.75, 3.05) is 24.2 Å². The smallest absolute Gasteiger partial charge is 0.320 e. The number of carbonyl (C=O) groups is 1. The molecule has 1 aromatic heterocycles. The molecule has 0 aliphatic rings. The van der Waals surface area contributed by atoms with Crippen LogP contribution in [0.4, 0.5) is 16.3 Å². The molecule has 0 radical (unpaired) electrons. The van der Waals surface area contributed by atoms with Crippen LogP contribution in [0.25, 0.3) is 0 Å². The first-order valence-electron chi connectivity index (χ1n) is 6.65. The highest BCUT2D eigenvalue weighted by molar-refractivity contribution is 5.99. The molecule has 1 heterocycles. The van der Waals surface area contributed by atoms with E-state index >= 15 is 0 Å². The standard InChI is InChI=1S/C13H21N5O3/c1-4-16-13(20)18-9-6-8(14)10(12(15)21-5-2)11(17-9)7(3)19/h6-7,15,19H,4-5H2,1-3H3,(H4,14,16,17,18,20)/t7-/m0/s1. The Morgan fingerprint density at radius 1 is 1.57 bits per heavy atom. The topological polar surface area (TPSA) is 133 Å². The minimum atomic E-state index is -0.959. The summed E-state index contributed by atoms with van der Waals surface area (Å²) in [6.45, 7) is 5.80. The van der Waals surface area contributed by atoms with Crippen LogP contribution < -0.4 is 16.4 Å². The largest absolute Gasteiger partial charge is 0.478 e. The molecule has 6 N–H and O–H groups in total. The van der Waals surface area contributed by atoms with Crippen molar-refractivity contribution in [3.05, 3.63) is 17.3 Å². The first kappa shape index (κ1) is 16.7. The molecular weight excluding hydrogens is 274 g/mol. The van der Waals surface area contributed by atoms with Crippen molar-refractivity contribution in [1.29, 1.82) is 5.41 Å². The van der Waals surface area contributed by atoms with E-state index in [1.54, 1.807) is 13.8 Å². The predicted molar refractivity (Wildman–Crippen MR) is 80.4 cm³/mol. The number of nitrogens with zero attached hydrogens (tertiary/aromatic N) is 1. The number of rotatable bonds is 5. The average Bonchev–Trinajstić information content (AvgIpc) is 2.38. The number of amides is 2. The highest BCUT2D eigenvalue weighted by Crippen LogP contribution is 2.25. The van der Waals surface area contributed by atoms with Gasteiger partial charge < -0.3 is 20.9 Å². The molecule has 0 spiro atoms. The van der Waals surface area contributed by atoms with E-state index in [4.69, 9.17) is 15.9 Å². The number of nitrogens with one attached hydrogen (secondary N) is 3. The number of anilines is 2. The van der Waals surface area contributed by atoms with Crippen LogP contribution in [0, 0.1) is 5.41 Å². The van der Waals surface area contributed by atoms with Gasteiger partial charge in [-0.15, -0.1) is 0 Å². The highest BCUT2D eigenvalue weighted by atomic mass is 16.5. The Labute approximate surface area is 123 Å². The minimum absolute atomic E-state index is 0.164. The minimum Gasteiger partial charge on any atom is -0.478 e. The first-order valence-corrected chi connectivity index (χ1v) is 6.65. The SMILES string of the molecule is CCNC(=O)Nc1cc(N)c(C(=N)OCC)c([C@H](C)O)n1. The third kappa shape index (κ3) is 4.32. The van der Waals surface area contributed by atoms with E-state index in [0.29, 0.717) is 13.2 Å². The van der Waals surface area contributed by atoms with Crippen LogP contribution in [-0.4, -0.2) is 35.2 Å². The van der Waals surface area contributed by atoms with Crippen molar-refractivity contribution in [2.45, 2.75) is 26.9 Å². The summed E-state index contributed by atoms with van der Waals surface area (Å²) in [5.74, 6) is 0.0327. The first-order chi connectivity index (χ1) is 9.90. The molecule has 1 aromatic rings. The molecule has 8 heteroatoms. The molecule has 0 aromatic carbocycles. The van der Waals surface area contributed by atoms with E-state index in [1.165, 1.54) is 13.0 Å². The maximum absolute atomic E-state index is 11.5. The third-order valence-corrected chi connectivity index (χ3v) is 2.57. The summed E-state index contributed by atoms with van der Waals surface area (Å²) in [7, 11) is 0.